The van der Waals surface area contributed by atoms with Gasteiger partial charge in [0.05, 0.1) is 0 Å². The molecule has 2 aromatic carbocycles. The van der Waals surface area contributed by atoms with E-state index >= 15 is 0 Å². The minimum Gasteiger partial charge on any atom is -0.330 e. The Morgan fingerprint density at radius 3 is 2.35 bits per heavy atom. The number of halogens is 1. The summed E-state index contributed by atoms with van der Waals surface area (Å²) >= 11 is 0. The zero-order chi connectivity index (χ0) is 17.3. The number of rotatable bonds is 5. The molecule has 2 rings (SSSR count). The fourth-order valence-corrected chi connectivity index (χ4v) is 2.96. The molecule has 0 aliphatic carbocycles. The van der Waals surface area contributed by atoms with Gasteiger partial charge >= 0.3 is 0 Å². The van der Waals surface area contributed by atoms with Crippen molar-refractivity contribution in [1.29, 1.82) is 0 Å². The topological polar surface area (TPSA) is 72.2 Å². The average Bonchev–Trinajstić information content (AvgIpc) is 2.48. The second kappa shape index (κ2) is 9.27. The predicted molar refractivity (Wildman–Crippen MR) is 92.4 cm³/mol. The van der Waals surface area contributed by atoms with Crippen LogP contribution in [0.2, 0.25) is 0 Å². The molecule has 0 spiro atoms. The Hall–Kier alpha value is -1.92. The standard InChI is InChI=1S/C14H15FN2O2S.C3H8/c15-13-6-1-2-7-14(13)20(18,19)17-12-5-3-4-11(10-12)8-9-16;1-3-2/h1-7,10,17H,8-9,16H2;3H2,1-2H3. The lowest BCUT2D eigenvalue weighted by molar-refractivity contribution is 0.570. The SMILES string of the molecule is CCC.NCCc1cccc(NS(=O)(=O)c2ccccc2F)c1. The van der Waals surface area contributed by atoms with E-state index in [1.54, 1.807) is 18.2 Å². The number of nitrogens with two attached hydrogens (primary N) is 1. The molecule has 0 bridgehead atoms. The van der Waals surface area contributed by atoms with Crippen molar-refractivity contribution in [3.8, 4) is 0 Å². The van der Waals surface area contributed by atoms with Crippen LogP contribution in [0.1, 0.15) is 25.8 Å². The van der Waals surface area contributed by atoms with E-state index in [0.717, 1.165) is 11.6 Å². The smallest absolute Gasteiger partial charge is 0.264 e. The average molecular weight is 338 g/mol. The van der Waals surface area contributed by atoms with Gasteiger partial charge < -0.3 is 5.73 Å². The highest BCUT2D eigenvalue weighted by molar-refractivity contribution is 7.92. The van der Waals surface area contributed by atoms with Crippen LogP contribution in [0.15, 0.2) is 53.4 Å². The largest absolute Gasteiger partial charge is 0.330 e. The lowest BCUT2D eigenvalue weighted by Crippen LogP contribution is -2.14. The van der Waals surface area contributed by atoms with Gasteiger partial charge in [-0.1, -0.05) is 44.5 Å². The van der Waals surface area contributed by atoms with E-state index in [2.05, 4.69) is 18.6 Å². The molecule has 3 N–H and O–H groups in total. The molecule has 0 unspecified atom stereocenters. The summed E-state index contributed by atoms with van der Waals surface area (Å²) in [6.07, 6.45) is 1.90. The minimum absolute atomic E-state index is 0.371. The summed E-state index contributed by atoms with van der Waals surface area (Å²) in [7, 11) is -3.93. The van der Waals surface area contributed by atoms with Crippen LogP contribution in [-0.2, 0) is 16.4 Å². The predicted octanol–water partition coefficient (Wildman–Crippen LogP) is 3.54. The molecule has 6 heteroatoms. The maximum absolute atomic E-state index is 13.6. The van der Waals surface area contributed by atoms with Gasteiger partial charge in [0.2, 0.25) is 0 Å². The third kappa shape index (κ3) is 6.00. The molecule has 0 radical (unpaired) electrons. The van der Waals surface area contributed by atoms with Gasteiger partial charge in [-0.25, -0.2) is 12.8 Å². The summed E-state index contributed by atoms with van der Waals surface area (Å²) in [6, 6.07) is 12.1. The van der Waals surface area contributed by atoms with E-state index < -0.39 is 15.8 Å². The zero-order valence-corrected chi connectivity index (χ0v) is 14.2. The Bertz CT molecular complexity index is 718. The first kappa shape index (κ1) is 19.1. The van der Waals surface area contributed by atoms with Crippen molar-refractivity contribution in [2.75, 3.05) is 11.3 Å². The lowest BCUT2D eigenvalue weighted by Gasteiger charge is -2.10. The van der Waals surface area contributed by atoms with Crippen molar-refractivity contribution in [2.24, 2.45) is 5.73 Å². The number of nitrogens with one attached hydrogen (secondary N) is 1. The molecule has 0 amide bonds. The summed E-state index contributed by atoms with van der Waals surface area (Å²) in [4.78, 5) is -0.371. The van der Waals surface area contributed by atoms with E-state index in [1.807, 2.05) is 6.07 Å². The van der Waals surface area contributed by atoms with Crippen LogP contribution < -0.4 is 10.5 Å². The van der Waals surface area contributed by atoms with Gasteiger partial charge in [-0.05, 0) is 42.8 Å². The molecule has 4 nitrogen and oxygen atoms in total. The first-order valence-electron chi connectivity index (χ1n) is 7.51. The summed E-state index contributed by atoms with van der Waals surface area (Å²) in [6.45, 7) is 4.73. The van der Waals surface area contributed by atoms with Crippen LogP contribution in [0.3, 0.4) is 0 Å². The van der Waals surface area contributed by atoms with Crippen molar-refractivity contribution in [3.05, 3.63) is 59.9 Å². The highest BCUT2D eigenvalue weighted by atomic mass is 32.2. The third-order valence-corrected chi connectivity index (χ3v) is 4.15. The third-order valence-electron chi connectivity index (χ3n) is 2.74. The van der Waals surface area contributed by atoms with Crippen LogP contribution in [0.25, 0.3) is 0 Å². The molecule has 0 aromatic heterocycles. The maximum atomic E-state index is 13.6. The van der Waals surface area contributed by atoms with Crippen LogP contribution in [0.4, 0.5) is 10.1 Å². The van der Waals surface area contributed by atoms with Crippen molar-refractivity contribution in [1.82, 2.24) is 0 Å². The molecule has 0 aliphatic rings. The van der Waals surface area contributed by atoms with E-state index in [-0.39, 0.29) is 4.90 Å². The quantitative estimate of drug-likeness (QED) is 0.876. The fraction of sp³-hybridized carbons (Fsp3) is 0.294. The van der Waals surface area contributed by atoms with Gasteiger partial charge in [-0.3, -0.25) is 4.72 Å². The molecule has 126 valence electrons. The van der Waals surface area contributed by atoms with Gasteiger partial charge in [-0.2, -0.15) is 0 Å². The van der Waals surface area contributed by atoms with Crippen molar-refractivity contribution >= 4 is 15.7 Å². The Morgan fingerprint density at radius 1 is 1.09 bits per heavy atom. The molecule has 2 aromatic rings. The normalized spacial score (nSPS) is 10.6. The summed E-state index contributed by atoms with van der Waals surface area (Å²) in [5.74, 6) is -0.780. The Kier molecular flexibility index (Phi) is 7.71. The number of sulfonamides is 1. The molecule has 0 saturated heterocycles. The van der Waals surface area contributed by atoms with Crippen LogP contribution >= 0.6 is 0 Å². The van der Waals surface area contributed by atoms with Crippen LogP contribution in [0, 0.1) is 5.82 Å². The van der Waals surface area contributed by atoms with Crippen molar-refractivity contribution < 1.29 is 12.8 Å². The molecular formula is C17H23FN2O2S. The number of anilines is 1. The lowest BCUT2D eigenvalue weighted by atomic mass is 10.1. The van der Waals surface area contributed by atoms with Crippen molar-refractivity contribution in [2.45, 2.75) is 31.6 Å². The molecular weight excluding hydrogens is 315 g/mol. The molecule has 0 aliphatic heterocycles. The second-order valence-electron chi connectivity index (χ2n) is 4.98. The Labute approximate surface area is 137 Å². The van der Waals surface area contributed by atoms with Crippen molar-refractivity contribution in [3.63, 3.8) is 0 Å². The first-order valence-corrected chi connectivity index (χ1v) is 8.99. The van der Waals surface area contributed by atoms with Gasteiger partial charge in [0.1, 0.15) is 10.7 Å². The Morgan fingerprint density at radius 2 is 1.74 bits per heavy atom. The van der Waals surface area contributed by atoms with Gasteiger partial charge in [-0.15, -0.1) is 0 Å². The van der Waals surface area contributed by atoms with E-state index in [9.17, 15) is 12.8 Å². The molecule has 0 fully saturated rings. The van der Waals surface area contributed by atoms with E-state index in [0.29, 0.717) is 18.7 Å². The molecule has 0 saturated carbocycles. The van der Waals surface area contributed by atoms with Crippen LogP contribution in [0.5, 0.6) is 0 Å². The Balaban J connectivity index is 0.000000816. The number of hydrogen-bond donors (Lipinski definition) is 2. The molecule has 0 heterocycles. The van der Waals surface area contributed by atoms with Gasteiger partial charge in [0, 0.05) is 5.69 Å². The first-order chi connectivity index (χ1) is 10.9. The zero-order valence-electron chi connectivity index (χ0n) is 13.4. The fourth-order valence-electron chi connectivity index (χ4n) is 1.83. The second-order valence-corrected chi connectivity index (χ2v) is 6.63. The maximum Gasteiger partial charge on any atom is 0.264 e. The molecule has 23 heavy (non-hydrogen) atoms. The summed E-state index contributed by atoms with van der Waals surface area (Å²) in [5, 5.41) is 0. The summed E-state index contributed by atoms with van der Waals surface area (Å²) < 4.78 is 40.1. The monoisotopic (exact) mass is 338 g/mol. The minimum atomic E-state index is -3.93. The summed E-state index contributed by atoms with van der Waals surface area (Å²) in [5.41, 5.74) is 6.77. The number of benzene rings is 2. The van der Waals surface area contributed by atoms with E-state index in [4.69, 9.17) is 5.73 Å². The highest BCUT2D eigenvalue weighted by Gasteiger charge is 2.18. The van der Waals surface area contributed by atoms with Gasteiger partial charge in [0.25, 0.3) is 10.0 Å². The highest BCUT2D eigenvalue weighted by Crippen LogP contribution is 2.19. The number of hydrogen-bond acceptors (Lipinski definition) is 3. The molecule has 0 atom stereocenters. The van der Waals surface area contributed by atoms with E-state index in [1.165, 1.54) is 24.6 Å². The van der Waals surface area contributed by atoms with Gasteiger partial charge in [0.15, 0.2) is 0 Å². The van der Waals surface area contributed by atoms with Crippen LogP contribution in [-0.4, -0.2) is 15.0 Å².